The molecule has 0 aliphatic carbocycles. The number of fused-ring (bicyclic) bond motifs is 1. The molecule has 5 heteroatoms. The molecular formula is C32H46N2O3. The highest BCUT2D eigenvalue weighted by Crippen LogP contribution is 2.33. The molecule has 0 aliphatic rings. The van der Waals surface area contributed by atoms with Crippen molar-refractivity contribution in [1.29, 1.82) is 0 Å². The summed E-state index contributed by atoms with van der Waals surface area (Å²) in [6, 6.07) is 9.43. The third-order valence-electron chi connectivity index (χ3n) is 7.01. The third-order valence-corrected chi connectivity index (χ3v) is 7.01. The molecule has 202 valence electrons. The molecule has 0 aliphatic heterocycles. The van der Waals surface area contributed by atoms with E-state index in [2.05, 4.69) is 25.7 Å². The van der Waals surface area contributed by atoms with Crippen molar-refractivity contribution in [3.05, 3.63) is 58.3 Å². The number of carbonyl (C=O) groups excluding carboxylic acids is 1. The van der Waals surface area contributed by atoms with Gasteiger partial charge in [0.15, 0.2) is 5.78 Å². The van der Waals surface area contributed by atoms with E-state index >= 15 is 0 Å². The number of carbonyl (C=O) groups is 1. The number of nitrogens with zero attached hydrogens (tertiary/aromatic N) is 1. The maximum absolute atomic E-state index is 13.8. The summed E-state index contributed by atoms with van der Waals surface area (Å²) in [5, 5.41) is 0.794. The summed E-state index contributed by atoms with van der Waals surface area (Å²) in [6.45, 7) is 14.8. The molecule has 0 saturated carbocycles. The van der Waals surface area contributed by atoms with E-state index in [1.165, 1.54) is 38.8 Å². The number of aryl methyl sites for hydroxylation is 3. The highest BCUT2D eigenvalue weighted by Gasteiger charge is 2.23. The second kappa shape index (κ2) is 14.2. The van der Waals surface area contributed by atoms with Gasteiger partial charge in [-0.25, -0.2) is 0 Å². The Morgan fingerprint density at radius 1 is 0.892 bits per heavy atom. The quantitative estimate of drug-likeness (QED) is 0.122. The third kappa shape index (κ3) is 7.61. The van der Waals surface area contributed by atoms with Crippen molar-refractivity contribution in [1.82, 2.24) is 4.90 Å². The second-order valence-electron chi connectivity index (χ2n) is 10.3. The second-order valence-corrected chi connectivity index (χ2v) is 10.3. The van der Waals surface area contributed by atoms with Gasteiger partial charge in [-0.05, 0) is 94.1 Å². The van der Waals surface area contributed by atoms with Crippen molar-refractivity contribution < 1.29 is 13.9 Å². The zero-order chi connectivity index (χ0) is 26.8. The first kappa shape index (κ1) is 28.8. The van der Waals surface area contributed by atoms with Gasteiger partial charge < -0.3 is 19.8 Å². The van der Waals surface area contributed by atoms with Crippen molar-refractivity contribution in [2.75, 3.05) is 32.0 Å². The highest BCUT2D eigenvalue weighted by atomic mass is 16.5. The average molecular weight is 507 g/mol. The van der Waals surface area contributed by atoms with Crippen molar-refractivity contribution in [2.24, 2.45) is 0 Å². The van der Waals surface area contributed by atoms with Crippen LogP contribution in [0.5, 0.6) is 5.75 Å². The monoisotopic (exact) mass is 506 g/mol. The number of hydrogen-bond donors (Lipinski definition) is 1. The molecular weight excluding hydrogens is 460 g/mol. The molecule has 3 aromatic rings. The van der Waals surface area contributed by atoms with E-state index in [9.17, 15) is 4.79 Å². The molecule has 2 N–H and O–H groups in total. The van der Waals surface area contributed by atoms with Crippen LogP contribution in [0, 0.1) is 13.8 Å². The first-order valence-corrected chi connectivity index (χ1v) is 14.2. The van der Waals surface area contributed by atoms with E-state index in [4.69, 9.17) is 14.9 Å². The Morgan fingerprint density at radius 3 is 2.14 bits per heavy atom. The van der Waals surface area contributed by atoms with Crippen molar-refractivity contribution >= 4 is 22.4 Å². The number of hydrogen-bond acceptors (Lipinski definition) is 5. The molecule has 3 rings (SSSR count). The summed E-state index contributed by atoms with van der Waals surface area (Å²) >= 11 is 0. The van der Waals surface area contributed by atoms with E-state index in [1.54, 1.807) is 0 Å². The topological polar surface area (TPSA) is 68.7 Å². The Labute approximate surface area is 223 Å². The van der Waals surface area contributed by atoms with Gasteiger partial charge in [-0.2, -0.15) is 0 Å². The minimum atomic E-state index is -0.0179. The Kier molecular flexibility index (Phi) is 11.1. The number of ether oxygens (including phenoxy) is 1. The molecule has 2 aromatic carbocycles. The zero-order valence-electron chi connectivity index (χ0n) is 23.6. The first-order valence-electron chi connectivity index (χ1n) is 14.2. The van der Waals surface area contributed by atoms with E-state index in [0.29, 0.717) is 29.0 Å². The number of anilines is 1. The average Bonchev–Trinajstić information content (AvgIpc) is 3.24. The summed E-state index contributed by atoms with van der Waals surface area (Å²) in [7, 11) is 0. The molecule has 0 radical (unpaired) electrons. The summed E-state index contributed by atoms with van der Waals surface area (Å²) in [5.41, 5.74) is 10.7. The Balaban J connectivity index is 1.75. The van der Waals surface area contributed by atoms with Crippen molar-refractivity contribution in [3.8, 4) is 5.75 Å². The SMILES string of the molecule is CCCCc1oc2ccc(N)cc2c1C(=O)c1cc(C)c(OCCCN(CCCC)CCCC)c(C)c1. The van der Waals surface area contributed by atoms with E-state index in [1.807, 2.05) is 44.2 Å². The number of unbranched alkanes of at least 4 members (excludes halogenated alkanes) is 3. The number of nitrogens with two attached hydrogens (primary N) is 1. The molecule has 0 spiro atoms. The summed E-state index contributed by atoms with van der Waals surface area (Å²) in [4.78, 5) is 16.4. The Hall–Kier alpha value is -2.79. The van der Waals surface area contributed by atoms with Crippen LogP contribution in [-0.2, 0) is 6.42 Å². The summed E-state index contributed by atoms with van der Waals surface area (Å²) < 4.78 is 12.4. The lowest BCUT2D eigenvalue weighted by Gasteiger charge is -2.22. The molecule has 0 unspecified atom stereocenters. The van der Waals surface area contributed by atoms with Crippen LogP contribution in [0.4, 0.5) is 5.69 Å². The van der Waals surface area contributed by atoms with Crippen LogP contribution in [-0.4, -0.2) is 36.9 Å². The predicted octanol–water partition coefficient (Wildman–Crippen LogP) is 7.88. The maximum atomic E-state index is 13.8. The van der Waals surface area contributed by atoms with Gasteiger partial charge in [-0.3, -0.25) is 4.79 Å². The number of benzene rings is 2. The number of ketones is 1. The zero-order valence-corrected chi connectivity index (χ0v) is 23.6. The molecule has 0 atom stereocenters. The summed E-state index contributed by atoms with van der Waals surface area (Å²) in [5.74, 6) is 1.62. The van der Waals surface area contributed by atoms with Crippen LogP contribution in [0.2, 0.25) is 0 Å². The van der Waals surface area contributed by atoms with Gasteiger partial charge in [0.2, 0.25) is 0 Å². The van der Waals surface area contributed by atoms with Gasteiger partial charge in [0, 0.05) is 29.6 Å². The van der Waals surface area contributed by atoms with Gasteiger partial charge in [-0.1, -0.05) is 40.0 Å². The molecule has 37 heavy (non-hydrogen) atoms. The number of rotatable bonds is 16. The normalized spacial score (nSPS) is 11.5. The van der Waals surface area contributed by atoms with Crippen molar-refractivity contribution in [3.63, 3.8) is 0 Å². The van der Waals surface area contributed by atoms with E-state index in [0.717, 1.165) is 60.3 Å². The van der Waals surface area contributed by atoms with E-state index < -0.39 is 0 Å². The molecule has 1 aromatic heterocycles. The van der Waals surface area contributed by atoms with Crippen LogP contribution in [0.3, 0.4) is 0 Å². The number of nitrogen functional groups attached to an aromatic ring is 1. The van der Waals surface area contributed by atoms with Crippen molar-refractivity contribution in [2.45, 2.75) is 86.0 Å². The van der Waals surface area contributed by atoms with Crippen LogP contribution in [0.25, 0.3) is 11.0 Å². The fourth-order valence-electron chi connectivity index (χ4n) is 4.94. The minimum Gasteiger partial charge on any atom is -0.493 e. The molecule has 0 fully saturated rings. The smallest absolute Gasteiger partial charge is 0.197 e. The lowest BCUT2D eigenvalue weighted by Crippen LogP contribution is -2.28. The Morgan fingerprint density at radius 2 is 1.51 bits per heavy atom. The molecule has 1 heterocycles. The van der Waals surface area contributed by atoms with Crippen LogP contribution >= 0.6 is 0 Å². The molecule has 5 nitrogen and oxygen atoms in total. The fraction of sp³-hybridized carbons (Fsp3) is 0.531. The van der Waals surface area contributed by atoms with E-state index in [-0.39, 0.29) is 5.78 Å². The van der Waals surface area contributed by atoms with Crippen LogP contribution in [0.15, 0.2) is 34.7 Å². The highest BCUT2D eigenvalue weighted by molar-refractivity contribution is 6.17. The fourth-order valence-corrected chi connectivity index (χ4v) is 4.94. The largest absolute Gasteiger partial charge is 0.493 e. The van der Waals surface area contributed by atoms with Gasteiger partial charge >= 0.3 is 0 Å². The van der Waals surface area contributed by atoms with Crippen LogP contribution < -0.4 is 10.5 Å². The number of furan rings is 1. The minimum absolute atomic E-state index is 0.0179. The lowest BCUT2D eigenvalue weighted by atomic mass is 9.95. The molecule has 0 amide bonds. The predicted molar refractivity (Wildman–Crippen MR) is 155 cm³/mol. The van der Waals surface area contributed by atoms with Crippen LogP contribution in [0.1, 0.15) is 98.5 Å². The Bertz CT molecular complexity index is 1130. The van der Waals surface area contributed by atoms with Gasteiger partial charge in [0.1, 0.15) is 17.1 Å². The molecule has 0 saturated heterocycles. The first-order chi connectivity index (χ1) is 17.9. The summed E-state index contributed by atoms with van der Waals surface area (Å²) in [6.07, 6.45) is 8.68. The lowest BCUT2D eigenvalue weighted by molar-refractivity contribution is 0.103. The maximum Gasteiger partial charge on any atom is 0.197 e. The molecule has 0 bridgehead atoms. The van der Waals surface area contributed by atoms with Gasteiger partial charge in [-0.15, -0.1) is 0 Å². The standard InChI is InChI=1S/C32H46N2O3/c1-6-9-13-29-30(27-22-26(33)14-15-28(27)37-29)31(35)25-20-23(4)32(24(5)21-25)36-19-12-18-34(16-10-7-2)17-11-8-3/h14-15,20-22H,6-13,16-19,33H2,1-5H3. The van der Waals surface area contributed by atoms with Gasteiger partial charge in [0.25, 0.3) is 0 Å². The van der Waals surface area contributed by atoms with Gasteiger partial charge in [0.05, 0.1) is 12.2 Å².